The maximum absolute atomic E-state index is 13.2. The van der Waals surface area contributed by atoms with Gasteiger partial charge in [-0.3, -0.25) is 29.3 Å². The lowest BCUT2D eigenvalue weighted by Crippen LogP contribution is -2.43. The Bertz CT molecular complexity index is 1410. The minimum absolute atomic E-state index is 0.0429. The zero-order chi connectivity index (χ0) is 26.5. The SMILES string of the molecule is O=C(NCCc1ccc(Cl)cc1)C(=O)[C@H]1C(=O)N(C(=O)c2ccc([N+](=O)[O-])cc2)N=C1c1ccccc1. The van der Waals surface area contributed by atoms with Gasteiger partial charge in [-0.1, -0.05) is 54.1 Å². The molecule has 0 unspecified atom stereocenters. The van der Waals surface area contributed by atoms with E-state index >= 15 is 0 Å². The van der Waals surface area contributed by atoms with Crippen LogP contribution in [0, 0.1) is 16.0 Å². The summed E-state index contributed by atoms with van der Waals surface area (Å²) in [6.07, 6.45) is 0.430. The summed E-state index contributed by atoms with van der Waals surface area (Å²) in [7, 11) is 0. The number of rotatable bonds is 8. The largest absolute Gasteiger partial charge is 0.349 e. The first-order chi connectivity index (χ1) is 17.8. The molecule has 1 N–H and O–H groups in total. The molecule has 10 nitrogen and oxygen atoms in total. The minimum atomic E-state index is -1.63. The number of non-ortho nitro benzene ring substituents is 1. The normalized spacial score (nSPS) is 14.7. The zero-order valence-electron chi connectivity index (χ0n) is 19.2. The Morgan fingerprint density at radius 2 is 1.62 bits per heavy atom. The summed E-state index contributed by atoms with van der Waals surface area (Å²) in [5, 5.41) is 18.6. The number of hydrazone groups is 1. The molecule has 1 atom stereocenters. The van der Waals surface area contributed by atoms with Gasteiger partial charge in [0.2, 0.25) is 5.78 Å². The first-order valence-corrected chi connectivity index (χ1v) is 11.5. The lowest BCUT2D eigenvalue weighted by atomic mass is 9.92. The molecule has 37 heavy (non-hydrogen) atoms. The van der Waals surface area contributed by atoms with Crippen molar-refractivity contribution in [1.82, 2.24) is 10.3 Å². The molecule has 4 rings (SSSR count). The fourth-order valence-corrected chi connectivity index (χ4v) is 3.83. The minimum Gasteiger partial charge on any atom is -0.349 e. The lowest BCUT2D eigenvalue weighted by molar-refractivity contribution is -0.384. The van der Waals surface area contributed by atoms with Gasteiger partial charge >= 0.3 is 0 Å². The molecule has 3 amide bonds. The van der Waals surface area contributed by atoms with E-state index in [1.165, 1.54) is 12.1 Å². The van der Waals surface area contributed by atoms with Crippen LogP contribution in [0.5, 0.6) is 0 Å². The molecule has 186 valence electrons. The third-order valence-corrected chi connectivity index (χ3v) is 5.87. The number of hydrogen-bond acceptors (Lipinski definition) is 7. The van der Waals surface area contributed by atoms with E-state index in [4.69, 9.17) is 11.6 Å². The molecule has 1 aliphatic rings. The Morgan fingerprint density at radius 3 is 2.24 bits per heavy atom. The molecule has 3 aromatic carbocycles. The molecule has 0 spiro atoms. The molecule has 1 aliphatic heterocycles. The summed E-state index contributed by atoms with van der Waals surface area (Å²) < 4.78 is 0. The van der Waals surface area contributed by atoms with Crippen molar-refractivity contribution < 1.29 is 24.1 Å². The van der Waals surface area contributed by atoms with Crippen LogP contribution < -0.4 is 5.32 Å². The molecule has 0 aromatic heterocycles. The van der Waals surface area contributed by atoms with Crippen molar-refractivity contribution in [3.8, 4) is 0 Å². The van der Waals surface area contributed by atoms with Gasteiger partial charge in [0, 0.05) is 29.3 Å². The standard InChI is InChI=1S/C26H19ClN4O6/c27-19-10-6-16(7-11-19)14-15-28-24(33)23(32)21-22(17-4-2-1-3-5-17)29-30(26(21)35)25(34)18-8-12-20(13-9-18)31(36)37/h1-13,21H,14-15H2,(H,28,33)/t21-/m0/s1. The number of imide groups is 1. The Hall–Kier alpha value is -4.70. The maximum Gasteiger partial charge on any atom is 0.288 e. The number of amides is 3. The second kappa shape index (κ2) is 10.9. The van der Waals surface area contributed by atoms with Gasteiger partial charge in [-0.25, -0.2) is 0 Å². The van der Waals surface area contributed by atoms with Crippen molar-refractivity contribution in [3.63, 3.8) is 0 Å². The Labute approximate surface area is 215 Å². The van der Waals surface area contributed by atoms with Crippen molar-refractivity contribution in [2.24, 2.45) is 11.0 Å². The molecule has 0 bridgehead atoms. The number of nitro groups is 1. The summed E-state index contributed by atoms with van der Waals surface area (Å²) in [5.74, 6) is -5.53. The summed E-state index contributed by atoms with van der Waals surface area (Å²) in [6.45, 7) is 0.135. The molecule has 0 radical (unpaired) electrons. The van der Waals surface area contributed by atoms with Gasteiger partial charge in [0.05, 0.1) is 10.6 Å². The number of nitrogens with one attached hydrogen (secondary N) is 1. The number of hydrogen-bond donors (Lipinski definition) is 1. The molecule has 0 saturated heterocycles. The molecule has 11 heteroatoms. The number of ketones is 1. The van der Waals surface area contributed by atoms with Crippen LogP contribution in [0.2, 0.25) is 5.02 Å². The smallest absolute Gasteiger partial charge is 0.288 e. The van der Waals surface area contributed by atoms with E-state index in [2.05, 4.69) is 10.4 Å². The predicted molar refractivity (Wildman–Crippen MR) is 134 cm³/mol. The van der Waals surface area contributed by atoms with Crippen molar-refractivity contribution in [3.05, 3.63) is 111 Å². The maximum atomic E-state index is 13.2. The van der Waals surface area contributed by atoms with Gasteiger partial charge in [-0.2, -0.15) is 10.1 Å². The molecular formula is C26H19ClN4O6. The Kier molecular flexibility index (Phi) is 7.49. The summed E-state index contributed by atoms with van der Waals surface area (Å²) in [4.78, 5) is 62.3. The van der Waals surface area contributed by atoms with Crippen LogP contribution in [0.3, 0.4) is 0 Å². The number of carbonyl (C=O) groups is 4. The van der Waals surface area contributed by atoms with Crippen LogP contribution in [-0.2, 0) is 20.8 Å². The third kappa shape index (κ3) is 5.60. The Morgan fingerprint density at radius 1 is 0.973 bits per heavy atom. The predicted octanol–water partition coefficient (Wildman–Crippen LogP) is 3.18. The fourth-order valence-electron chi connectivity index (χ4n) is 3.71. The number of halogens is 1. The van der Waals surface area contributed by atoms with Gasteiger partial charge < -0.3 is 5.32 Å². The van der Waals surface area contributed by atoms with Gasteiger partial charge in [0.25, 0.3) is 23.4 Å². The number of carbonyl (C=O) groups excluding carboxylic acids is 4. The quantitative estimate of drug-likeness (QED) is 0.160. The number of nitro benzene ring substituents is 1. The summed E-state index contributed by atoms with van der Waals surface area (Å²) in [6, 6.07) is 19.9. The van der Waals surface area contributed by atoms with Crippen molar-refractivity contribution in [2.45, 2.75) is 6.42 Å². The number of nitrogens with zero attached hydrogens (tertiary/aromatic N) is 3. The van der Waals surface area contributed by atoms with Gasteiger partial charge in [-0.15, -0.1) is 0 Å². The van der Waals surface area contributed by atoms with Crippen LogP contribution in [-0.4, -0.2) is 45.7 Å². The molecule has 0 fully saturated rings. The van der Waals surface area contributed by atoms with E-state index < -0.39 is 34.3 Å². The van der Waals surface area contributed by atoms with E-state index in [9.17, 15) is 29.3 Å². The number of benzene rings is 3. The highest BCUT2D eigenvalue weighted by molar-refractivity contribution is 6.48. The van der Waals surface area contributed by atoms with Gasteiger partial charge in [0.15, 0.2) is 5.92 Å². The molecular weight excluding hydrogens is 500 g/mol. The topological polar surface area (TPSA) is 139 Å². The van der Waals surface area contributed by atoms with Crippen molar-refractivity contribution in [1.29, 1.82) is 0 Å². The monoisotopic (exact) mass is 518 g/mol. The van der Waals surface area contributed by atoms with E-state index in [-0.39, 0.29) is 23.5 Å². The summed E-state index contributed by atoms with van der Waals surface area (Å²) >= 11 is 5.87. The highest BCUT2D eigenvalue weighted by atomic mass is 35.5. The highest BCUT2D eigenvalue weighted by Gasteiger charge is 2.46. The van der Waals surface area contributed by atoms with Crippen LogP contribution in [0.25, 0.3) is 0 Å². The molecule has 3 aromatic rings. The first-order valence-electron chi connectivity index (χ1n) is 11.1. The van der Waals surface area contributed by atoms with E-state index in [1.807, 2.05) is 0 Å². The third-order valence-electron chi connectivity index (χ3n) is 5.62. The van der Waals surface area contributed by atoms with Crippen LogP contribution in [0.1, 0.15) is 21.5 Å². The van der Waals surface area contributed by atoms with Crippen LogP contribution in [0.4, 0.5) is 5.69 Å². The van der Waals surface area contributed by atoms with Crippen LogP contribution >= 0.6 is 11.6 Å². The Balaban J connectivity index is 1.54. The van der Waals surface area contributed by atoms with Crippen molar-refractivity contribution in [2.75, 3.05) is 6.54 Å². The van der Waals surface area contributed by atoms with E-state index in [1.54, 1.807) is 54.6 Å². The molecule has 0 saturated carbocycles. The molecule has 1 heterocycles. The zero-order valence-corrected chi connectivity index (χ0v) is 19.9. The lowest BCUT2D eigenvalue weighted by Gasteiger charge is -2.13. The first kappa shape index (κ1) is 25.4. The van der Waals surface area contributed by atoms with Gasteiger partial charge in [-0.05, 0) is 41.8 Å². The summed E-state index contributed by atoms with van der Waals surface area (Å²) in [5.41, 5.74) is 0.957. The second-order valence-corrected chi connectivity index (χ2v) is 8.48. The second-order valence-electron chi connectivity index (χ2n) is 8.04. The average Bonchev–Trinajstić information content (AvgIpc) is 3.26. The van der Waals surface area contributed by atoms with Crippen molar-refractivity contribution >= 4 is 46.5 Å². The van der Waals surface area contributed by atoms with Gasteiger partial charge in [0.1, 0.15) is 0 Å². The molecule has 0 aliphatic carbocycles. The van der Waals surface area contributed by atoms with Crippen LogP contribution in [0.15, 0.2) is 84.0 Å². The van der Waals surface area contributed by atoms with E-state index in [0.717, 1.165) is 17.7 Å². The fraction of sp³-hybridized carbons (Fsp3) is 0.115. The highest BCUT2D eigenvalue weighted by Crippen LogP contribution is 2.25. The number of Topliss-reactive ketones (excluding diaryl/α,β-unsaturated/α-hetero) is 1. The average molecular weight is 519 g/mol. The van der Waals surface area contributed by atoms with E-state index in [0.29, 0.717) is 22.0 Å².